The first-order valence-electron chi connectivity index (χ1n) is 20.2. The summed E-state index contributed by atoms with van der Waals surface area (Å²) in [6.45, 7) is 1.71. The predicted molar refractivity (Wildman–Crippen MR) is 224 cm³/mol. The van der Waals surface area contributed by atoms with Gasteiger partial charge in [-0.25, -0.2) is 0 Å². The van der Waals surface area contributed by atoms with Gasteiger partial charge in [0.25, 0.3) is 15.6 Å². The number of unbranched alkanes of at least 4 members (excludes halogenated alkanes) is 6. The van der Waals surface area contributed by atoms with Crippen molar-refractivity contribution in [1.82, 2.24) is 10.6 Å². The molecule has 0 aromatic carbocycles. The Morgan fingerprint density at radius 2 is 0.860 bits per heavy atom. The van der Waals surface area contributed by atoms with Gasteiger partial charge in [-0.05, 0) is 57.3 Å². The number of carbonyl (C=O) groups excluding carboxylic acids is 2. The normalized spacial score (nSPS) is 17.7. The molecule has 0 bridgehead atoms. The molecule has 0 heterocycles. The zero-order valence-electron chi connectivity index (χ0n) is 36.8. The van der Waals surface area contributed by atoms with Gasteiger partial charge in [-0.3, -0.25) is 18.7 Å². The summed E-state index contributed by atoms with van der Waals surface area (Å²) in [5.41, 5.74) is 0. The fourth-order valence-electron chi connectivity index (χ4n) is 6.71. The number of phosphoric acid groups is 2. The fraction of sp³-hybridized carbons (Fsp3) is 0.854. The zero-order chi connectivity index (χ0) is 37.5. The summed E-state index contributed by atoms with van der Waals surface area (Å²) >= 11 is 0. The number of carbonyl (C=O) groups is 2. The molecule has 0 radical (unpaired) electrons. The van der Waals surface area contributed by atoms with Crippen LogP contribution in [0.5, 0.6) is 0 Å². The van der Waals surface area contributed by atoms with Gasteiger partial charge in [0, 0.05) is 39.6 Å². The quantitative estimate of drug-likeness (QED) is 0.0488. The second kappa shape index (κ2) is 45.7. The minimum atomic E-state index is -4.07. The van der Waals surface area contributed by atoms with Crippen molar-refractivity contribution in [2.24, 2.45) is 11.8 Å². The second-order valence-corrected chi connectivity index (χ2v) is 17.3. The van der Waals surface area contributed by atoms with Crippen LogP contribution in [0, 0.1) is 41.5 Å². The molecule has 0 spiro atoms. The van der Waals surface area contributed by atoms with Crippen molar-refractivity contribution in [1.29, 1.82) is 0 Å². The van der Waals surface area contributed by atoms with Gasteiger partial charge in [-0.2, -0.15) is 0 Å². The van der Waals surface area contributed by atoms with Crippen LogP contribution in [-0.4, -0.2) is 52.3 Å². The van der Waals surface area contributed by atoms with E-state index >= 15 is 0 Å². The molecule has 0 aromatic heterocycles. The molecule has 346 valence electrons. The van der Waals surface area contributed by atoms with Gasteiger partial charge in [0.15, 0.2) is 0 Å². The summed E-state index contributed by atoms with van der Waals surface area (Å²) in [4.78, 5) is 45.1. The first-order valence-corrected chi connectivity index (χ1v) is 23.1. The molecule has 57 heavy (non-hydrogen) atoms. The van der Waals surface area contributed by atoms with E-state index in [-0.39, 0.29) is 94.8 Å². The Kier molecular flexibility index (Phi) is 55.3. The Morgan fingerprint density at radius 3 is 1.23 bits per heavy atom. The molecule has 0 aliphatic heterocycles. The van der Waals surface area contributed by atoms with Crippen LogP contribution < -0.4 is 20.4 Å². The van der Waals surface area contributed by atoms with Crippen LogP contribution in [-0.2, 0) is 71.0 Å². The Bertz CT molecular complexity index is 943. The molecule has 4 aliphatic rings. The van der Waals surface area contributed by atoms with E-state index in [0.29, 0.717) is 38.3 Å². The van der Waals surface area contributed by atoms with Crippen molar-refractivity contribution >= 4 is 27.5 Å². The smallest absolute Gasteiger partial charge is 0.756 e. The molecule has 0 saturated heterocycles. The summed E-state index contributed by atoms with van der Waals surface area (Å²) in [5, 5.41) is 5.91. The van der Waals surface area contributed by atoms with Crippen molar-refractivity contribution in [2.45, 2.75) is 173 Å². The number of amides is 2. The minimum Gasteiger partial charge on any atom is -0.756 e. The van der Waals surface area contributed by atoms with E-state index < -0.39 is 15.6 Å². The third-order valence-corrected chi connectivity index (χ3v) is 11.8. The van der Waals surface area contributed by atoms with Crippen LogP contribution >= 0.6 is 15.6 Å². The van der Waals surface area contributed by atoms with E-state index in [1.54, 1.807) is 0 Å². The van der Waals surface area contributed by atoms with Gasteiger partial charge in [0.05, 0.1) is 13.2 Å². The second-order valence-electron chi connectivity index (χ2n) is 14.3. The molecule has 2 unspecified atom stereocenters. The van der Waals surface area contributed by atoms with Gasteiger partial charge in [-0.1, -0.05) is 116 Å². The Labute approximate surface area is 372 Å². The molecule has 4 aliphatic carbocycles. The average molecular weight is 939 g/mol. The summed E-state index contributed by atoms with van der Waals surface area (Å²) in [7, 11) is -5.97. The summed E-state index contributed by atoms with van der Waals surface area (Å²) in [5.74, 6) is 1.17. The van der Waals surface area contributed by atoms with Crippen LogP contribution in [0.15, 0.2) is 0 Å². The summed E-state index contributed by atoms with van der Waals surface area (Å²) in [6, 6.07) is 0. The average Bonchev–Trinajstić information content (AvgIpc) is 3.97. The van der Waals surface area contributed by atoms with Gasteiger partial charge in [0.2, 0.25) is 11.8 Å². The van der Waals surface area contributed by atoms with E-state index in [0.717, 1.165) is 65.6 Å². The third-order valence-electron chi connectivity index (χ3n) is 9.88. The molecule has 0 aromatic rings. The van der Waals surface area contributed by atoms with Gasteiger partial charge in [-0.15, -0.1) is 0 Å². The summed E-state index contributed by atoms with van der Waals surface area (Å²) < 4.78 is 39.3. The van der Waals surface area contributed by atoms with Crippen molar-refractivity contribution in [3.63, 3.8) is 0 Å². The van der Waals surface area contributed by atoms with E-state index in [1.807, 2.05) is 0 Å². The Balaban J connectivity index is -0.000000168. The Hall–Kier alpha value is 0.199. The van der Waals surface area contributed by atoms with Gasteiger partial charge < -0.3 is 68.2 Å². The molecule has 2 N–H and O–H groups in total. The number of hydrogen-bond acceptors (Lipinski definition) is 10. The molecule has 2 atom stereocenters. The standard InChI is InChI=1S/C14H28NO5P.C13H26NO5P.2C5H10.4CH3.2Fe/c1-19-21(17,18)20-11-7-3-2-6-10-15-14(16)12-13-8-4-5-9-13;1-18-20(16,17)19-11-7-3-2-6-10-14-13(15)12-8-4-5-9-12;2*1-2-4-5-3-1;;;;;;/h13H,2-12H2,1H3,(H,15,16)(H,17,18);12H,2-11H2,1H3,(H,14,15)(H,16,17);2*1-5H2;4*1H3;;/q;;;;4*-1;2*+2/p-2. The van der Waals surface area contributed by atoms with Crippen LogP contribution in [0.2, 0.25) is 0 Å². The van der Waals surface area contributed by atoms with Gasteiger partial charge in [0.1, 0.15) is 0 Å². The topological polar surface area (TPSA) is 175 Å². The maximum absolute atomic E-state index is 11.7. The van der Waals surface area contributed by atoms with E-state index in [9.17, 15) is 28.5 Å². The predicted octanol–water partition coefficient (Wildman–Crippen LogP) is 10.1. The van der Waals surface area contributed by atoms with Gasteiger partial charge >= 0.3 is 34.1 Å². The molecule has 16 heteroatoms. The van der Waals surface area contributed by atoms with Crippen molar-refractivity contribution in [3.8, 4) is 0 Å². The molecular weight excluding hydrogens is 854 g/mol. The van der Waals surface area contributed by atoms with Crippen molar-refractivity contribution < 1.29 is 80.7 Å². The number of hydrogen-bond donors (Lipinski definition) is 2. The third kappa shape index (κ3) is 42.7. The number of phosphoric ester groups is 2. The molecule has 4 fully saturated rings. The van der Waals surface area contributed by atoms with E-state index in [1.165, 1.54) is 103 Å². The SMILES string of the molecule is C1CCCC1.C1CCCC1.COP(=O)([O-])OCCCCCCNC(=O)C1CCCC1.COP(=O)([O-])OCCCCCCNC(=O)CC1CCCC1.[CH3-].[CH3-].[CH3-].[CH3-].[Fe+2].[Fe+2]. The molecule has 4 saturated carbocycles. The van der Waals surface area contributed by atoms with Crippen molar-refractivity contribution in [2.75, 3.05) is 40.5 Å². The zero-order valence-corrected chi connectivity index (χ0v) is 40.8. The van der Waals surface area contributed by atoms with E-state index in [4.69, 9.17) is 0 Å². The van der Waals surface area contributed by atoms with E-state index in [2.05, 4.69) is 28.7 Å². The van der Waals surface area contributed by atoms with Crippen LogP contribution in [0.25, 0.3) is 0 Å². The molecule has 12 nitrogen and oxygen atoms in total. The van der Waals surface area contributed by atoms with Crippen LogP contribution in [0.4, 0.5) is 0 Å². The molecule has 4 rings (SSSR count). The fourth-order valence-corrected chi connectivity index (χ4v) is 7.62. The molecule has 2 amide bonds. The summed E-state index contributed by atoms with van der Waals surface area (Å²) in [6.07, 6.45) is 31.8. The number of rotatable bonds is 21. The maximum atomic E-state index is 11.7. The largest absolute Gasteiger partial charge is 2.00 e. The first-order chi connectivity index (χ1) is 24.6. The van der Waals surface area contributed by atoms with Crippen LogP contribution in [0.3, 0.4) is 0 Å². The monoisotopic (exact) mass is 938 g/mol. The molecular formula is C41H84Fe2N2O10P2-2. The Morgan fingerprint density at radius 1 is 0.526 bits per heavy atom. The number of nitrogens with one attached hydrogen (secondary N) is 2. The minimum absolute atomic E-state index is 0. The first kappa shape index (κ1) is 68.9. The van der Waals surface area contributed by atoms with Crippen LogP contribution in [0.1, 0.15) is 173 Å². The van der Waals surface area contributed by atoms with Crippen molar-refractivity contribution in [3.05, 3.63) is 29.7 Å². The maximum Gasteiger partial charge on any atom is 2.00 e.